The molecule has 6 heteroatoms. The van der Waals surface area contributed by atoms with Crippen LogP contribution in [-0.4, -0.2) is 41.9 Å². The Labute approximate surface area is 134 Å². The molecule has 1 aromatic carbocycles. The van der Waals surface area contributed by atoms with E-state index in [2.05, 4.69) is 21.6 Å². The summed E-state index contributed by atoms with van der Waals surface area (Å²) in [5.74, 6) is 0.473. The first-order chi connectivity index (χ1) is 10.6. The number of carbonyl (C=O) groups is 1. The Morgan fingerprint density at radius 2 is 1.95 bits per heavy atom. The van der Waals surface area contributed by atoms with Crippen LogP contribution in [0, 0.1) is 0 Å². The van der Waals surface area contributed by atoms with Crippen LogP contribution in [-0.2, 0) is 10.8 Å². The number of anilines is 2. The summed E-state index contributed by atoms with van der Waals surface area (Å²) >= 11 is 0. The summed E-state index contributed by atoms with van der Waals surface area (Å²) in [5.41, 5.74) is 1.95. The maximum atomic E-state index is 11.8. The van der Waals surface area contributed by atoms with E-state index in [1.807, 2.05) is 18.2 Å². The standard InChI is InChI=1S/C16H25N3O2S/c1-22(21)12-9-17-16(20)18-14-7-6-8-15(13-14)19-10-4-2-3-5-11-19/h6-8,13H,2-5,9-12H2,1H3,(H2,17,18,20)/t22-/m1/s1. The van der Waals surface area contributed by atoms with Crippen LogP contribution in [0.15, 0.2) is 24.3 Å². The van der Waals surface area contributed by atoms with E-state index in [-0.39, 0.29) is 6.03 Å². The number of hydrogen-bond acceptors (Lipinski definition) is 3. The molecule has 0 aromatic heterocycles. The molecule has 0 aliphatic carbocycles. The summed E-state index contributed by atoms with van der Waals surface area (Å²) < 4.78 is 11.0. The van der Waals surface area contributed by atoms with Crippen LogP contribution >= 0.6 is 0 Å². The maximum Gasteiger partial charge on any atom is 0.319 e. The first-order valence-electron chi connectivity index (χ1n) is 7.85. The van der Waals surface area contributed by atoms with E-state index >= 15 is 0 Å². The molecule has 1 aromatic rings. The van der Waals surface area contributed by atoms with Gasteiger partial charge in [0.1, 0.15) is 0 Å². The highest BCUT2D eigenvalue weighted by atomic mass is 32.2. The predicted molar refractivity (Wildman–Crippen MR) is 93.1 cm³/mol. The zero-order chi connectivity index (χ0) is 15.8. The van der Waals surface area contributed by atoms with Gasteiger partial charge in [-0.05, 0) is 31.0 Å². The van der Waals surface area contributed by atoms with Gasteiger partial charge in [-0.2, -0.15) is 0 Å². The topological polar surface area (TPSA) is 61.4 Å². The van der Waals surface area contributed by atoms with Crippen LogP contribution in [0.3, 0.4) is 0 Å². The van der Waals surface area contributed by atoms with Crippen molar-refractivity contribution in [2.45, 2.75) is 25.7 Å². The van der Waals surface area contributed by atoms with Crippen molar-refractivity contribution in [2.24, 2.45) is 0 Å². The molecule has 0 bridgehead atoms. The van der Waals surface area contributed by atoms with E-state index < -0.39 is 10.8 Å². The fourth-order valence-corrected chi connectivity index (χ4v) is 2.98. The normalized spacial score (nSPS) is 16.7. The van der Waals surface area contributed by atoms with Crippen molar-refractivity contribution in [3.63, 3.8) is 0 Å². The van der Waals surface area contributed by atoms with Crippen molar-refractivity contribution >= 4 is 28.2 Å². The molecule has 22 heavy (non-hydrogen) atoms. The van der Waals surface area contributed by atoms with Gasteiger partial charge in [0.25, 0.3) is 0 Å². The van der Waals surface area contributed by atoms with Crippen LogP contribution in [0.5, 0.6) is 0 Å². The molecule has 0 unspecified atom stereocenters. The Hall–Kier alpha value is -1.56. The number of nitrogens with zero attached hydrogens (tertiary/aromatic N) is 1. The van der Waals surface area contributed by atoms with Gasteiger partial charge >= 0.3 is 6.03 Å². The molecule has 1 aliphatic heterocycles. The largest absolute Gasteiger partial charge is 0.371 e. The number of rotatable bonds is 5. The average Bonchev–Trinajstić information content (AvgIpc) is 2.76. The molecule has 1 atom stereocenters. The van der Waals surface area contributed by atoms with Crippen LogP contribution in [0.4, 0.5) is 16.2 Å². The van der Waals surface area contributed by atoms with Gasteiger partial charge in [0, 0.05) is 53.8 Å². The number of carbonyl (C=O) groups excluding carboxylic acids is 1. The predicted octanol–water partition coefficient (Wildman–Crippen LogP) is 2.57. The Balaban J connectivity index is 1.90. The lowest BCUT2D eigenvalue weighted by Gasteiger charge is -2.23. The zero-order valence-corrected chi connectivity index (χ0v) is 14.0. The maximum absolute atomic E-state index is 11.8. The molecule has 0 saturated carbocycles. The molecule has 2 rings (SSSR count). The SMILES string of the molecule is C[S@@](=O)CCNC(=O)Nc1cccc(N2CCCCCC2)c1. The molecule has 1 aliphatic rings. The van der Waals surface area contributed by atoms with E-state index in [0.717, 1.165) is 24.5 Å². The van der Waals surface area contributed by atoms with Gasteiger partial charge in [-0.25, -0.2) is 4.79 Å². The van der Waals surface area contributed by atoms with Crippen LogP contribution < -0.4 is 15.5 Å². The third-order valence-electron chi connectivity index (χ3n) is 3.75. The molecule has 0 radical (unpaired) electrons. The number of urea groups is 1. The average molecular weight is 323 g/mol. The fraction of sp³-hybridized carbons (Fsp3) is 0.562. The van der Waals surface area contributed by atoms with Crippen molar-refractivity contribution in [1.29, 1.82) is 0 Å². The number of nitrogens with one attached hydrogen (secondary N) is 2. The highest BCUT2D eigenvalue weighted by Gasteiger charge is 2.10. The number of benzene rings is 1. The van der Waals surface area contributed by atoms with Gasteiger partial charge < -0.3 is 15.5 Å². The highest BCUT2D eigenvalue weighted by molar-refractivity contribution is 7.84. The minimum atomic E-state index is -0.886. The van der Waals surface area contributed by atoms with Gasteiger partial charge in [0.15, 0.2) is 0 Å². The first kappa shape index (κ1) is 16.8. The third-order valence-corrected chi connectivity index (χ3v) is 4.53. The van der Waals surface area contributed by atoms with Crippen LogP contribution in [0.1, 0.15) is 25.7 Å². The lowest BCUT2D eigenvalue weighted by molar-refractivity contribution is 0.252. The quantitative estimate of drug-likeness (QED) is 0.875. The number of hydrogen-bond donors (Lipinski definition) is 2. The molecule has 5 nitrogen and oxygen atoms in total. The lowest BCUT2D eigenvalue weighted by atomic mass is 10.2. The smallest absolute Gasteiger partial charge is 0.319 e. The summed E-state index contributed by atoms with van der Waals surface area (Å²) in [6.45, 7) is 2.58. The molecule has 0 spiro atoms. The van der Waals surface area contributed by atoms with Crippen LogP contribution in [0.2, 0.25) is 0 Å². The molecule has 2 N–H and O–H groups in total. The number of amides is 2. The monoisotopic (exact) mass is 323 g/mol. The molecule has 1 fully saturated rings. The lowest BCUT2D eigenvalue weighted by Crippen LogP contribution is -2.31. The Bertz CT molecular complexity index is 514. The van der Waals surface area contributed by atoms with Gasteiger partial charge in [-0.15, -0.1) is 0 Å². The minimum Gasteiger partial charge on any atom is -0.371 e. The van der Waals surface area contributed by atoms with Crippen molar-refractivity contribution in [1.82, 2.24) is 5.32 Å². The molecule has 1 heterocycles. The zero-order valence-electron chi connectivity index (χ0n) is 13.1. The van der Waals surface area contributed by atoms with Crippen molar-refractivity contribution in [2.75, 3.05) is 41.9 Å². The second-order valence-corrected chi connectivity index (χ2v) is 7.16. The molecule has 1 saturated heterocycles. The summed E-state index contributed by atoms with van der Waals surface area (Å²) in [6.07, 6.45) is 6.69. The first-order valence-corrected chi connectivity index (χ1v) is 9.58. The summed E-state index contributed by atoms with van der Waals surface area (Å²) in [6, 6.07) is 7.71. The Morgan fingerprint density at radius 3 is 2.64 bits per heavy atom. The Kier molecular flexibility index (Phi) is 6.71. The minimum absolute atomic E-state index is 0.251. The highest BCUT2D eigenvalue weighted by Crippen LogP contribution is 2.22. The van der Waals surface area contributed by atoms with E-state index in [1.54, 1.807) is 6.26 Å². The van der Waals surface area contributed by atoms with Gasteiger partial charge in [0.05, 0.1) is 0 Å². The van der Waals surface area contributed by atoms with E-state index in [4.69, 9.17) is 0 Å². The summed E-state index contributed by atoms with van der Waals surface area (Å²) in [4.78, 5) is 14.2. The van der Waals surface area contributed by atoms with Crippen LogP contribution in [0.25, 0.3) is 0 Å². The summed E-state index contributed by atoms with van der Waals surface area (Å²) in [7, 11) is -0.886. The van der Waals surface area contributed by atoms with Crippen molar-refractivity contribution in [3.8, 4) is 0 Å². The van der Waals surface area contributed by atoms with Crippen molar-refractivity contribution in [3.05, 3.63) is 24.3 Å². The third kappa shape index (κ3) is 5.67. The van der Waals surface area contributed by atoms with E-state index in [1.165, 1.54) is 25.7 Å². The van der Waals surface area contributed by atoms with Crippen molar-refractivity contribution < 1.29 is 9.00 Å². The van der Waals surface area contributed by atoms with Gasteiger partial charge in [0.2, 0.25) is 0 Å². The second-order valence-electron chi connectivity index (χ2n) is 5.61. The molecular formula is C16H25N3O2S. The summed E-state index contributed by atoms with van der Waals surface area (Å²) in [5, 5.41) is 5.55. The van der Waals surface area contributed by atoms with E-state index in [9.17, 15) is 9.00 Å². The van der Waals surface area contributed by atoms with Gasteiger partial charge in [-0.3, -0.25) is 4.21 Å². The van der Waals surface area contributed by atoms with E-state index in [0.29, 0.717) is 12.3 Å². The molecule has 122 valence electrons. The molecular weight excluding hydrogens is 298 g/mol. The van der Waals surface area contributed by atoms with Gasteiger partial charge in [-0.1, -0.05) is 18.9 Å². The Morgan fingerprint density at radius 1 is 1.23 bits per heavy atom. The fourth-order valence-electron chi connectivity index (χ4n) is 2.59. The molecule has 2 amide bonds. The second kappa shape index (κ2) is 8.78.